The number of benzene rings is 1. The first-order valence-electron chi connectivity index (χ1n) is 6.47. The van der Waals surface area contributed by atoms with Gasteiger partial charge in [0.25, 0.3) is 5.69 Å². The summed E-state index contributed by atoms with van der Waals surface area (Å²) in [6, 6.07) is 4.21. The van der Waals surface area contributed by atoms with Crippen LogP contribution in [-0.4, -0.2) is 22.0 Å². The number of halogens is 1. The molecule has 1 aromatic carbocycles. The fourth-order valence-electron chi connectivity index (χ4n) is 2.53. The Balaban J connectivity index is 2.20. The molecule has 0 saturated carbocycles. The van der Waals surface area contributed by atoms with Crippen LogP contribution in [0.1, 0.15) is 33.1 Å². The van der Waals surface area contributed by atoms with Gasteiger partial charge >= 0.3 is 0 Å². The first-order chi connectivity index (χ1) is 8.97. The van der Waals surface area contributed by atoms with Crippen molar-refractivity contribution in [2.75, 3.05) is 5.43 Å². The van der Waals surface area contributed by atoms with Crippen LogP contribution >= 0.6 is 0 Å². The number of non-ortho nitro benzene ring substituents is 1. The predicted molar refractivity (Wildman–Crippen MR) is 71.3 cm³/mol. The van der Waals surface area contributed by atoms with E-state index in [2.05, 4.69) is 19.3 Å². The third-order valence-corrected chi connectivity index (χ3v) is 3.55. The summed E-state index contributed by atoms with van der Waals surface area (Å²) in [5.41, 5.74) is 3.29. The lowest BCUT2D eigenvalue weighted by Gasteiger charge is -2.39. The SMILES string of the molecule is CC1CCCC(C)N1Nc1cc(F)cc([N+](=O)[O-])c1. The van der Waals surface area contributed by atoms with Gasteiger partial charge in [-0.2, -0.15) is 0 Å². The maximum absolute atomic E-state index is 13.4. The van der Waals surface area contributed by atoms with E-state index in [1.54, 1.807) is 0 Å². The van der Waals surface area contributed by atoms with Gasteiger partial charge in [0.15, 0.2) is 0 Å². The van der Waals surface area contributed by atoms with E-state index < -0.39 is 10.7 Å². The Bertz CT molecular complexity index is 471. The summed E-state index contributed by atoms with van der Waals surface area (Å²) in [4.78, 5) is 10.1. The Morgan fingerprint density at radius 1 is 1.32 bits per heavy atom. The van der Waals surface area contributed by atoms with E-state index in [4.69, 9.17) is 0 Å². The zero-order valence-electron chi connectivity index (χ0n) is 11.1. The molecule has 6 heteroatoms. The highest BCUT2D eigenvalue weighted by Gasteiger charge is 2.25. The van der Waals surface area contributed by atoms with Gasteiger partial charge in [0.2, 0.25) is 0 Å². The molecular weight excluding hydrogens is 249 g/mol. The van der Waals surface area contributed by atoms with Crippen molar-refractivity contribution >= 4 is 11.4 Å². The molecule has 0 radical (unpaired) electrons. The second-order valence-corrected chi connectivity index (χ2v) is 5.10. The molecule has 1 saturated heterocycles. The average molecular weight is 267 g/mol. The summed E-state index contributed by atoms with van der Waals surface area (Å²) in [6.07, 6.45) is 3.30. The molecule has 0 amide bonds. The van der Waals surface area contributed by atoms with Crippen LogP contribution in [0, 0.1) is 15.9 Å². The number of nitro benzene ring substituents is 1. The lowest BCUT2D eigenvalue weighted by atomic mass is 10.00. The molecule has 5 nitrogen and oxygen atoms in total. The summed E-state index contributed by atoms with van der Waals surface area (Å²) < 4.78 is 13.4. The zero-order chi connectivity index (χ0) is 14.0. The molecule has 1 fully saturated rings. The number of hydrazine groups is 1. The predicted octanol–water partition coefficient (Wildman–Crippen LogP) is 3.32. The first-order valence-corrected chi connectivity index (χ1v) is 6.47. The molecule has 1 aliphatic rings. The van der Waals surface area contributed by atoms with Crippen molar-refractivity contribution in [1.82, 2.24) is 5.01 Å². The van der Waals surface area contributed by atoms with Gasteiger partial charge in [0.1, 0.15) is 5.82 Å². The Hall–Kier alpha value is -1.69. The number of nitro groups is 1. The minimum absolute atomic E-state index is 0.236. The van der Waals surface area contributed by atoms with Gasteiger partial charge in [-0.15, -0.1) is 0 Å². The van der Waals surface area contributed by atoms with Crippen LogP contribution in [0.3, 0.4) is 0 Å². The Labute approximate surface area is 111 Å². The van der Waals surface area contributed by atoms with E-state index in [1.165, 1.54) is 18.6 Å². The van der Waals surface area contributed by atoms with Crippen LogP contribution < -0.4 is 5.43 Å². The molecule has 0 bridgehead atoms. The maximum Gasteiger partial charge on any atom is 0.274 e. The van der Waals surface area contributed by atoms with E-state index in [0.29, 0.717) is 17.8 Å². The zero-order valence-corrected chi connectivity index (χ0v) is 11.1. The van der Waals surface area contributed by atoms with Crippen molar-refractivity contribution in [3.63, 3.8) is 0 Å². The lowest BCUT2D eigenvalue weighted by molar-refractivity contribution is -0.385. The second kappa shape index (κ2) is 5.52. The van der Waals surface area contributed by atoms with E-state index >= 15 is 0 Å². The summed E-state index contributed by atoms with van der Waals surface area (Å²) in [5.74, 6) is -0.603. The Kier molecular flexibility index (Phi) is 3.99. The Morgan fingerprint density at radius 2 is 1.95 bits per heavy atom. The number of hydrogen-bond acceptors (Lipinski definition) is 4. The van der Waals surface area contributed by atoms with Gasteiger partial charge in [-0.05, 0) is 32.8 Å². The van der Waals surface area contributed by atoms with E-state index in [9.17, 15) is 14.5 Å². The number of anilines is 1. The normalized spacial score (nSPS) is 24.2. The summed E-state index contributed by atoms with van der Waals surface area (Å²) in [6.45, 7) is 4.19. The molecule has 1 heterocycles. The quantitative estimate of drug-likeness (QED) is 0.674. The first kappa shape index (κ1) is 13.7. The molecular formula is C13H18FN3O2. The largest absolute Gasteiger partial charge is 0.318 e. The molecule has 0 aromatic heterocycles. The van der Waals surface area contributed by atoms with Gasteiger partial charge < -0.3 is 5.43 Å². The number of hydrogen-bond donors (Lipinski definition) is 1. The van der Waals surface area contributed by atoms with Crippen LogP contribution in [0.15, 0.2) is 18.2 Å². The maximum atomic E-state index is 13.4. The van der Waals surface area contributed by atoms with Gasteiger partial charge in [0.05, 0.1) is 16.7 Å². The highest BCUT2D eigenvalue weighted by atomic mass is 19.1. The van der Waals surface area contributed by atoms with Crippen LogP contribution in [-0.2, 0) is 0 Å². The minimum atomic E-state index is -0.603. The third kappa shape index (κ3) is 3.20. The molecule has 1 aliphatic heterocycles. The summed E-state index contributed by atoms with van der Waals surface area (Å²) in [5, 5.41) is 12.8. The molecule has 19 heavy (non-hydrogen) atoms. The van der Waals surface area contributed by atoms with E-state index in [0.717, 1.165) is 18.9 Å². The lowest BCUT2D eigenvalue weighted by Crippen LogP contribution is -2.47. The van der Waals surface area contributed by atoms with Crippen molar-refractivity contribution in [2.45, 2.75) is 45.2 Å². The highest BCUT2D eigenvalue weighted by Crippen LogP contribution is 2.26. The van der Waals surface area contributed by atoms with Crippen molar-refractivity contribution in [1.29, 1.82) is 0 Å². The number of nitrogens with zero attached hydrogens (tertiary/aromatic N) is 2. The van der Waals surface area contributed by atoms with Crippen LogP contribution in [0.4, 0.5) is 15.8 Å². The molecule has 104 valence electrons. The molecule has 1 aromatic rings. The van der Waals surface area contributed by atoms with Crippen molar-refractivity contribution in [2.24, 2.45) is 0 Å². The van der Waals surface area contributed by atoms with E-state index in [1.807, 2.05) is 5.01 Å². The second-order valence-electron chi connectivity index (χ2n) is 5.10. The molecule has 2 unspecified atom stereocenters. The third-order valence-electron chi connectivity index (χ3n) is 3.55. The van der Waals surface area contributed by atoms with Crippen molar-refractivity contribution in [3.05, 3.63) is 34.1 Å². The molecule has 2 rings (SSSR count). The average Bonchev–Trinajstić information content (AvgIpc) is 2.33. The van der Waals surface area contributed by atoms with Crippen LogP contribution in [0.2, 0.25) is 0 Å². The van der Waals surface area contributed by atoms with Gasteiger partial charge in [0, 0.05) is 18.2 Å². The Morgan fingerprint density at radius 3 is 2.53 bits per heavy atom. The fourth-order valence-corrected chi connectivity index (χ4v) is 2.53. The molecule has 1 N–H and O–H groups in total. The molecule has 0 aliphatic carbocycles. The number of rotatable bonds is 3. The number of nitrogens with one attached hydrogen (secondary N) is 1. The van der Waals surface area contributed by atoms with Crippen LogP contribution in [0.25, 0.3) is 0 Å². The topological polar surface area (TPSA) is 58.4 Å². The van der Waals surface area contributed by atoms with Crippen molar-refractivity contribution < 1.29 is 9.31 Å². The molecule has 0 spiro atoms. The minimum Gasteiger partial charge on any atom is -0.318 e. The summed E-state index contributed by atoms with van der Waals surface area (Å²) in [7, 11) is 0. The van der Waals surface area contributed by atoms with Gasteiger partial charge in [-0.3, -0.25) is 10.1 Å². The van der Waals surface area contributed by atoms with Gasteiger partial charge in [-0.1, -0.05) is 6.42 Å². The standard InChI is InChI=1S/C13H18FN3O2/c1-9-4-3-5-10(2)16(9)15-12-6-11(14)7-13(8-12)17(18)19/h6-10,15H,3-5H2,1-2H3. The van der Waals surface area contributed by atoms with E-state index in [-0.39, 0.29) is 5.69 Å². The highest BCUT2D eigenvalue weighted by molar-refractivity contribution is 5.51. The monoisotopic (exact) mass is 267 g/mol. The fraction of sp³-hybridized carbons (Fsp3) is 0.538. The van der Waals surface area contributed by atoms with Crippen molar-refractivity contribution in [3.8, 4) is 0 Å². The van der Waals surface area contributed by atoms with Crippen LogP contribution in [0.5, 0.6) is 0 Å². The van der Waals surface area contributed by atoms with Gasteiger partial charge in [-0.25, -0.2) is 9.40 Å². The smallest absolute Gasteiger partial charge is 0.274 e. The molecule has 2 atom stereocenters. The summed E-state index contributed by atoms with van der Waals surface area (Å²) >= 11 is 0. The number of piperidine rings is 1.